The standard InChI is InChI=1S/C14H21N3O3S.ClH/c1-11(18)16-12-3-5-13(6-4-12)21(19,20)17-8-7-14(2,9-15)10-17;/h3-6H,7-10,15H2,1-2H3,(H,16,18);1H. The molecule has 1 heterocycles. The summed E-state index contributed by atoms with van der Waals surface area (Å²) in [6.07, 6.45) is 0.771. The summed E-state index contributed by atoms with van der Waals surface area (Å²) < 4.78 is 26.6. The Morgan fingerprint density at radius 2 is 1.95 bits per heavy atom. The Balaban J connectivity index is 0.00000242. The lowest BCUT2D eigenvalue weighted by Gasteiger charge is -2.22. The van der Waals surface area contributed by atoms with Gasteiger partial charge in [-0.2, -0.15) is 4.31 Å². The molecule has 8 heteroatoms. The van der Waals surface area contributed by atoms with Crippen LogP contribution in [0.5, 0.6) is 0 Å². The highest BCUT2D eigenvalue weighted by molar-refractivity contribution is 7.89. The van der Waals surface area contributed by atoms with E-state index in [-0.39, 0.29) is 28.6 Å². The van der Waals surface area contributed by atoms with E-state index in [0.717, 1.165) is 6.42 Å². The minimum atomic E-state index is -3.50. The summed E-state index contributed by atoms with van der Waals surface area (Å²) in [6, 6.07) is 6.20. The van der Waals surface area contributed by atoms with Gasteiger partial charge in [0.15, 0.2) is 0 Å². The fraction of sp³-hybridized carbons (Fsp3) is 0.500. The van der Waals surface area contributed by atoms with Crippen LogP contribution in [-0.2, 0) is 14.8 Å². The molecule has 1 unspecified atom stereocenters. The third kappa shape index (κ3) is 3.98. The van der Waals surface area contributed by atoms with Gasteiger partial charge in [-0.1, -0.05) is 6.92 Å². The highest BCUT2D eigenvalue weighted by Crippen LogP contribution is 2.32. The van der Waals surface area contributed by atoms with Gasteiger partial charge in [-0.05, 0) is 42.6 Å². The number of nitrogens with one attached hydrogen (secondary N) is 1. The molecule has 2 rings (SSSR count). The summed E-state index contributed by atoms with van der Waals surface area (Å²) >= 11 is 0. The van der Waals surface area contributed by atoms with Crippen molar-refractivity contribution in [3.8, 4) is 0 Å². The summed E-state index contributed by atoms with van der Waals surface area (Å²) in [4.78, 5) is 11.2. The highest BCUT2D eigenvalue weighted by atomic mass is 35.5. The molecule has 0 aromatic heterocycles. The van der Waals surface area contributed by atoms with Crippen molar-refractivity contribution in [3.05, 3.63) is 24.3 Å². The van der Waals surface area contributed by atoms with Crippen LogP contribution in [0.4, 0.5) is 5.69 Å². The molecule has 1 saturated heterocycles. The molecule has 1 aliphatic rings. The maximum Gasteiger partial charge on any atom is 0.243 e. The van der Waals surface area contributed by atoms with Gasteiger partial charge in [0.2, 0.25) is 15.9 Å². The smallest absolute Gasteiger partial charge is 0.243 e. The number of hydrogen-bond donors (Lipinski definition) is 2. The average molecular weight is 348 g/mol. The lowest BCUT2D eigenvalue weighted by atomic mass is 9.90. The van der Waals surface area contributed by atoms with Crippen molar-refractivity contribution < 1.29 is 13.2 Å². The average Bonchev–Trinajstić information content (AvgIpc) is 2.83. The minimum Gasteiger partial charge on any atom is -0.330 e. The Hall–Kier alpha value is -1.15. The SMILES string of the molecule is CC(=O)Nc1ccc(S(=O)(=O)N2CCC(C)(CN)C2)cc1.Cl. The lowest BCUT2D eigenvalue weighted by molar-refractivity contribution is -0.114. The molecule has 0 saturated carbocycles. The van der Waals surface area contributed by atoms with Crippen LogP contribution < -0.4 is 11.1 Å². The summed E-state index contributed by atoms with van der Waals surface area (Å²) in [7, 11) is -3.50. The van der Waals surface area contributed by atoms with E-state index in [4.69, 9.17) is 5.73 Å². The Kier molecular flexibility index (Phi) is 5.97. The van der Waals surface area contributed by atoms with E-state index in [1.54, 1.807) is 12.1 Å². The Morgan fingerprint density at radius 1 is 1.36 bits per heavy atom. The summed E-state index contributed by atoms with van der Waals surface area (Å²) in [5.41, 5.74) is 6.15. The number of sulfonamides is 1. The van der Waals surface area contributed by atoms with Crippen LogP contribution in [0.15, 0.2) is 29.2 Å². The Bertz CT molecular complexity index is 633. The van der Waals surface area contributed by atoms with E-state index in [2.05, 4.69) is 5.32 Å². The maximum atomic E-state index is 12.6. The first kappa shape index (κ1) is 18.9. The molecule has 0 radical (unpaired) electrons. The number of carbonyl (C=O) groups excluding carboxylic acids is 1. The van der Waals surface area contributed by atoms with Crippen LogP contribution in [-0.4, -0.2) is 38.3 Å². The predicted octanol–water partition coefficient (Wildman–Crippen LogP) is 1.43. The van der Waals surface area contributed by atoms with E-state index in [9.17, 15) is 13.2 Å². The number of nitrogens with two attached hydrogens (primary N) is 1. The molecular formula is C14H22ClN3O3S. The van der Waals surface area contributed by atoms with Crippen LogP contribution in [0, 0.1) is 5.41 Å². The monoisotopic (exact) mass is 347 g/mol. The number of anilines is 1. The minimum absolute atomic E-state index is 0. The summed E-state index contributed by atoms with van der Waals surface area (Å²) in [5, 5.41) is 2.61. The van der Waals surface area contributed by atoms with Crippen molar-refractivity contribution in [2.75, 3.05) is 25.0 Å². The molecule has 1 aromatic rings. The Labute approximate surface area is 137 Å². The van der Waals surface area contributed by atoms with Gasteiger partial charge in [0.05, 0.1) is 4.90 Å². The fourth-order valence-corrected chi connectivity index (χ4v) is 4.00. The van der Waals surface area contributed by atoms with E-state index in [1.807, 2.05) is 6.92 Å². The first-order valence-corrected chi connectivity index (χ1v) is 8.29. The van der Waals surface area contributed by atoms with Crippen LogP contribution in [0.25, 0.3) is 0 Å². The van der Waals surface area contributed by atoms with E-state index < -0.39 is 10.0 Å². The van der Waals surface area contributed by atoms with Crippen LogP contribution in [0.1, 0.15) is 20.3 Å². The second kappa shape index (κ2) is 6.95. The molecule has 6 nitrogen and oxygen atoms in total. The molecule has 0 spiro atoms. The lowest BCUT2D eigenvalue weighted by Crippen LogP contribution is -2.34. The van der Waals surface area contributed by atoms with Gasteiger partial charge >= 0.3 is 0 Å². The third-order valence-corrected chi connectivity index (χ3v) is 5.69. The zero-order valence-electron chi connectivity index (χ0n) is 12.7. The van der Waals surface area contributed by atoms with E-state index in [0.29, 0.717) is 25.3 Å². The zero-order valence-corrected chi connectivity index (χ0v) is 14.3. The van der Waals surface area contributed by atoms with Gasteiger partial charge in [-0.3, -0.25) is 4.79 Å². The van der Waals surface area contributed by atoms with Crippen LogP contribution in [0.3, 0.4) is 0 Å². The predicted molar refractivity (Wildman–Crippen MR) is 88.5 cm³/mol. The van der Waals surface area contributed by atoms with Crippen LogP contribution >= 0.6 is 12.4 Å². The van der Waals surface area contributed by atoms with Crippen molar-refractivity contribution in [3.63, 3.8) is 0 Å². The molecule has 0 bridgehead atoms. The quantitative estimate of drug-likeness (QED) is 0.861. The molecule has 22 heavy (non-hydrogen) atoms. The normalized spacial score (nSPS) is 22.1. The van der Waals surface area contributed by atoms with Crippen molar-refractivity contribution in [1.29, 1.82) is 0 Å². The molecule has 1 amide bonds. The van der Waals surface area contributed by atoms with Crippen molar-refractivity contribution in [2.45, 2.75) is 25.2 Å². The van der Waals surface area contributed by atoms with Gasteiger partial charge in [0.25, 0.3) is 0 Å². The maximum absolute atomic E-state index is 12.6. The molecule has 1 aliphatic heterocycles. The second-order valence-corrected chi connectivity index (χ2v) is 7.75. The van der Waals surface area contributed by atoms with E-state index >= 15 is 0 Å². The molecule has 0 aliphatic carbocycles. The van der Waals surface area contributed by atoms with Gasteiger partial charge in [-0.15, -0.1) is 12.4 Å². The first-order chi connectivity index (χ1) is 9.77. The van der Waals surface area contributed by atoms with E-state index in [1.165, 1.54) is 23.4 Å². The summed E-state index contributed by atoms with van der Waals surface area (Å²) in [6.45, 7) is 4.81. The zero-order chi connectivity index (χ0) is 15.7. The first-order valence-electron chi connectivity index (χ1n) is 6.85. The van der Waals surface area contributed by atoms with Gasteiger partial charge in [0.1, 0.15) is 0 Å². The van der Waals surface area contributed by atoms with Crippen molar-refractivity contribution >= 4 is 34.0 Å². The van der Waals surface area contributed by atoms with Gasteiger partial charge in [-0.25, -0.2) is 8.42 Å². The number of amides is 1. The molecular weight excluding hydrogens is 326 g/mol. The number of benzene rings is 1. The molecule has 124 valence electrons. The number of nitrogens with zero attached hydrogens (tertiary/aromatic N) is 1. The number of halogens is 1. The summed E-state index contributed by atoms with van der Waals surface area (Å²) in [5.74, 6) is -0.191. The molecule has 1 aromatic carbocycles. The highest BCUT2D eigenvalue weighted by Gasteiger charge is 2.38. The molecule has 1 atom stereocenters. The Morgan fingerprint density at radius 3 is 2.41 bits per heavy atom. The number of hydrogen-bond acceptors (Lipinski definition) is 4. The van der Waals surface area contributed by atoms with Crippen LogP contribution in [0.2, 0.25) is 0 Å². The van der Waals surface area contributed by atoms with Gasteiger partial charge in [0, 0.05) is 25.7 Å². The van der Waals surface area contributed by atoms with Gasteiger partial charge < -0.3 is 11.1 Å². The molecule has 3 N–H and O–H groups in total. The van der Waals surface area contributed by atoms with Crippen molar-refractivity contribution in [2.24, 2.45) is 11.1 Å². The number of rotatable bonds is 4. The molecule has 1 fully saturated rings. The fourth-order valence-electron chi connectivity index (χ4n) is 2.41. The van der Waals surface area contributed by atoms with Crippen molar-refractivity contribution in [1.82, 2.24) is 4.31 Å². The third-order valence-electron chi connectivity index (χ3n) is 3.83. The topological polar surface area (TPSA) is 92.5 Å². The largest absolute Gasteiger partial charge is 0.330 e. The second-order valence-electron chi connectivity index (χ2n) is 5.81. The number of carbonyl (C=O) groups is 1.